The number of fused-ring (bicyclic) bond motifs is 1. The second kappa shape index (κ2) is 4.33. The monoisotopic (exact) mass is 226 g/mol. The fourth-order valence-electron chi connectivity index (χ4n) is 3.46. The number of rotatable bonds is 5. The molecule has 0 amide bonds. The van der Waals surface area contributed by atoms with Crippen molar-refractivity contribution in [3.05, 3.63) is 42.0 Å². The highest BCUT2D eigenvalue weighted by atomic mass is 14.6. The van der Waals surface area contributed by atoms with Crippen molar-refractivity contribution in [3.63, 3.8) is 0 Å². The Balaban J connectivity index is 1.70. The maximum absolute atomic E-state index is 2.61. The number of benzene rings is 1. The second-order valence-corrected chi connectivity index (χ2v) is 5.83. The van der Waals surface area contributed by atoms with Crippen LogP contribution in [0.2, 0.25) is 0 Å². The molecule has 3 rings (SSSR count). The molecule has 0 heterocycles. The van der Waals surface area contributed by atoms with Crippen LogP contribution in [0.4, 0.5) is 0 Å². The van der Waals surface area contributed by atoms with E-state index in [0.29, 0.717) is 5.41 Å². The van der Waals surface area contributed by atoms with Gasteiger partial charge in [0.1, 0.15) is 0 Å². The molecule has 1 fully saturated rings. The minimum absolute atomic E-state index is 0.625. The van der Waals surface area contributed by atoms with Crippen molar-refractivity contribution in [2.24, 2.45) is 11.3 Å². The molecule has 0 radical (unpaired) electrons. The molecular formula is C17H22. The van der Waals surface area contributed by atoms with Crippen molar-refractivity contribution in [1.29, 1.82) is 0 Å². The quantitative estimate of drug-likeness (QED) is 0.616. The molecule has 2 unspecified atom stereocenters. The predicted molar refractivity (Wildman–Crippen MR) is 73.7 cm³/mol. The summed E-state index contributed by atoms with van der Waals surface area (Å²) in [4.78, 5) is 0. The van der Waals surface area contributed by atoms with Gasteiger partial charge in [-0.3, -0.25) is 0 Å². The molecule has 17 heavy (non-hydrogen) atoms. The minimum Gasteiger partial charge on any atom is -0.0742 e. The number of allylic oxidation sites excluding steroid dienone is 2. The Bertz CT molecular complexity index is 415. The molecule has 0 saturated heterocycles. The van der Waals surface area contributed by atoms with Gasteiger partial charge in [0, 0.05) is 0 Å². The summed E-state index contributed by atoms with van der Waals surface area (Å²) < 4.78 is 0. The Morgan fingerprint density at radius 3 is 2.76 bits per heavy atom. The van der Waals surface area contributed by atoms with Crippen molar-refractivity contribution < 1.29 is 0 Å². The zero-order valence-corrected chi connectivity index (χ0v) is 10.8. The molecular weight excluding hydrogens is 204 g/mol. The van der Waals surface area contributed by atoms with E-state index >= 15 is 0 Å². The zero-order valence-electron chi connectivity index (χ0n) is 10.8. The maximum atomic E-state index is 2.61. The zero-order chi connectivity index (χ0) is 11.7. The van der Waals surface area contributed by atoms with Crippen molar-refractivity contribution in [1.82, 2.24) is 0 Å². The van der Waals surface area contributed by atoms with Gasteiger partial charge < -0.3 is 0 Å². The molecule has 2 aliphatic rings. The molecule has 0 N–H and O–H groups in total. The lowest BCUT2D eigenvalue weighted by atomic mass is 9.97. The van der Waals surface area contributed by atoms with Crippen LogP contribution in [0.3, 0.4) is 0 Å². The standard InChI is InChI=1S/C17H22/c1-2-3-7-10-17-12-15(11-16(17)13-17)14-8-5-4-6-9-14/h4-6,8-9,12,16H,2-3,7,10-11,13H2,1H3. The van der Waals surface area contributed by atoms with Crippen molar-refractivity contribution in [2.45, 2.75) is 45.4 Å². The third-order valence-electron chi connectivity index (χ3n) is 4.60. The van der Waals surface area contributed by atoms with E-state index < -0.39 is 0 Å². The first-order valence-electron chi connectivity index (χ1n) is 7.11. The van der Waals surface area contributed by atoms with E-state index in [9.17, 15) is 0 Å². The summed E-state index contributed by atoms with van der Waals surface area (Å²) in [5.74, 6) is 0.981. The first-order chi connectivity index (χ1) is 8.34. The SMILES string of the molecule is CCCCCC12C=C(c3ccccc3)CC1C2. The maximum Gasteiger partial charge on any atom is -0.00774 e. The van der Waals surface area contributed by atoms with Crippen LogP contribution in [0.1, 0.15) is 51.0 Å². The van der Waals surface area contributed by atoms with Crippen LogP contribution in [0, 0.1) is 11.3 Å². The third kappa shape index (κ3) is 2.06. The first kappa shape index (κ1) is 11.1. The molecule has 1 saturated carbocycles. The fraction of sp³-hybridized carbons (Fsp3) is 0.529. The Morgan fingerprint density at radius 2 is 2.00 bits per heavy atom. The molecule has 0 heteroatoms. The van der Waals surface area contributed by atoms with E-state index in [2.05, 4.69) is 43.3 Å². The van der Waals surface area contributed by atoms with Gasteiger partial charge in [0.2, 0.25) is 0 Å². The summed E-state index contributed by atoms with van der Waals surface area (Å²) in [6.07, 6.45) is 11.0. The van der Waals surface area contributed by atoms with Crippen LogP contribution >= 0.6 is 0 Å². The Kier molecular flexibility index (Phi) is 2.82. The fourth-order valence-corrected chi connectivity index (χ4v) is 3.46. The third-order valence-corrected chi connectivity index (χ3v) is 4.60. The van der Waals surface area contributed by atoms with Gasteiger partial charge in [-0.25, -0.2) is 0 Å². The van der Waals surface area contributed by atoms with Crippen LogP contribution in [-0.2, 0) is 0 Å². The normalized spacial score (nSPS) is 29.9. The molecule has 0 aliphatic heterocycles. The summed E-state index contributed by atoms with van der Waals surface area (Å²) in [6.45, 7) is 2.29. The van der Waals surface area contributed by atoms with Gasteiger partial charge in [-0.05, 0) is 41.7 Å². The summed E-state index contributed by atoms with van der Waals surface area (Å²) in [7, 11) is 0. The summed E-state index contributed by atoms with van der Waals surface area (Å²) in [5.41, 5.74) is 3.69. The van der Waals surface area contributed by atoms with E-state index in [1.165, 1.54) is 44.1 Å². The van der Waals surface area contributed by atoms with Gasteiger partial charge in [-0.15, -0.1) is 0 Å². The average Bonchev–Trinajstić information content (AvgIpc) is 2.92. The topological polar surface area (TPSA) is 0 Å². The van der Waals surface area contributed by atoms with Gasteiger partial charge in [0.25, 0.3) is 0 Å². The van der Waals surface area contributed by atoms with Crippen LogP contribution < -0.4 is 0 Å². The van der Waals surface area contributed by atoms with E-state index in [-0.39, 0.29) is 0 Å². The number of unbranched alkanes of at least 4 members (excludes halogenated alkanes) is 2. The predicted octanol–water partition coefficient (Wildman–Crippen LogP) is 5.06. The molecule has 90 valence electrons. The minimum atomic E-state index is 0.625. The molecule has 1 aromatic carbocycles. The lowest BCUT2D eigenvalue weighted by molar-refractivity contribution is 0.502. The smallest absolute Gasteiger partial charge is 0.00774 e. The highest BCUT2D eigenvalue weighted by Gasteiger charge is 2.55. The van der Waals surface area contributed by atoms with Gasteiger partial charge in [0.15, 0.2) is 0 Å². The Morgan fingerprint density at radius 1 is 1.18 bits per heavy atom. The van der Waals surface area contributed by atoms with E-state index in [1.54, 1.807) is 5.57 Å². The van der Waals surface area contributed by atoms with Crippen molar-refractivity contribution >= 4 is 5.57 Å². The van der Waals surface area contributed by atoms with Crippen molar-refractivity contribution in [3.8, 4) is 0 Å². The van der Waals surface area contributed by atoms with E-state index in [0.717, 1.165) is 5.92 Å². The van der Waals surface area contributed by atoms with Gasteiger partial charge in [0.05, 0.1) is 0 Å². The molecule has 0 bridgehead atoms. The van der Waals surface area contributed by atoms with Crippen LogP contribution in [0.25, 0.3) is 5.57 Å². The summed E-state index contributed by atoms with van der Waals surface area (Å²) in [5, 5.41) is 0. The Labute approximate surface area is 105 Å². The van der Waals surface area contributed by atoms with Crippen molar-refractivity contribution in [2.75, 3.05) is 0 Å². The van der Waals surface area contributed by atoms with Gasteiger partial charge >= 0.3 is 0 Å². The molecule has 0 nitrogen and oxygen atoms in total. The molecule has 1 aromatic rings. The average molecular weight is 226 g/mol. The first-order valence-corrected chi connectivity index (χ1v) is 7.11. The van der Waals surface area contributed by atoms with Gasteiger partial charge in [-0.2, -0.15) is 0 Å². The molecule has 0 aromatic heterocycles. The van der Waals surface area contributed by atoms with Crippen LogP contribution in [-0.4, -0.2) is 0 Å². The van der Waals surface area contributed by atoms with Crippen LogP contribution in [0.5, 0.6) is 0 Å². The molecule has 2 atom stereocenters. The number of hydrogen-bond acceptors (Lipinski definition) is 0. The Hall–Kier alpha value is -1.04. The van der Waals surface area contributed by atoms with E-state index in [1.807, 2.05) is 0 Å². The lowest BCUT2D eigenvalue weighted by Gasteiger charge is -2.08. The summed E-state index contributed by atoms with van der Waals surface area (Å²) in [6, 6.07) is 10.9. The largest absolute Gasteiger partial charge is 0.0742 e. The van der Waals surface area contributed by atoms with Crippen LogP contribution in [0.15, 0.2) is 36.4 Å². The lowest BCUT2D eigenvalue weighted by Crippen LogP contribution is -1.95. The highest BCUT2D eigenvalue weighted by molar-refractivity contribution is 5.70. The summed E-state index contributed by atoms with van der Waals surface area (Å²) >= 11 is 0. The van der Waals surface area contributed by atoms with Gasteiger partial charge in [-0.1, -0.05) is 62.6 Å². The number of hydrogen-bond donors (Lipinski definition) is 0. The van der Waals surface area contributed by atoms with E-state index in [4.69, 9.17) is 0 Å². The molecule has 0 spiro atoms. The molecule has 2 aliphatic carbocycles. The second-order valence-electron chi connectivity index (χ2n) is 5.83. The highest BCUT2D eigenvalue weighted by Crippen LogP contribution is 2.65.